The molecule has 100 valence electrons. The third-order valence-electron chi connectivity index (χ3n) is 4.19. The quantitative estimate of drug-likeness (QED) is 0.833. The molecule has 18 heavy (non-hydrogen) atoms. The summed E-state index contributed by atoms with van der Waals surface area (Å²) in [6, 6.07) is 0. The molecule has 2 aliphatic rings. The molecule has 0 amide bonds. The number of ether oxygens (including phenoxy) is 1. The van der Waals surface area contributed by atoms with Crippen LogP contribution in [0.4, 0.5) is 0 Å². The average molecular weight is 251 g/mol. The predicted molar refractivity (Wildman–Crippen MR) is 67.0 cm³/mol. The van der Waals surface area contributed by atoms with Crippen LogP contribution in [-0.4, -0.2) is 51.2 Å². The Morgan fingerprint density at radius 1 is 1.56 bits per heavy atom. The lowest BCUT2D eigenvalue weighted by atomic mass is 9.86. The molecule has 0 unspecified atom stereocenters. The summed E-state index contributed by atoms with van der Waals surface area (Å²) in [6.07, 6.45) is 6.60. The summed E-state index contributed by atoms with van der Waals surface area (Å²) >= 11 is 0. The van der Waals surface area contributed by atoms with E-state index in [1.54, 1.807) is 0 Å². The van der Waals surface area contributed by atoms with Crippen molar-refractivity contribution in [1.29, 1.82) is 0 Å². The van der Waals surface area contributed by atoms with Crippen LogP contribution < -0.4 is 0 Å². The number of aromatic nitrogens is 2. The molecule has 0 saturated carbocycles. The van der Waals surface area contributed by atoms with Crippen LogP contribution in [0, 0.1) is 0 Å². The van der Waals surface area contributed by atoms with Crippen molar-refractivity contribution in [3.05, 3.63) is 18.0 Å². The highest BCUT2D eigenvalue weighted by molar-refractivity contribution is 5.05. The van der Waals surface area contributed by atoms with E-state index in [0.29, 0.717) is 6.54 Å². The van der Waals surface area contributed by atoms with Crippen LogP contribution in [0.2, 0.25) is 0 Å². The van der Waals surface area contributed by atoms with Crippen molar-refractivity contribution in [3.8, 4) is 0 Å². The molecule has 0 aromatic carbocycles. The predicted octanol–water partition coefficient (Wildman–Crippen LogP) is 0.536. The number of aliphatic hydroxyl groups is 1. The molecule has 5 nitrogen and oxygen atoms in total. The summed E-state index contributed by atoms with van der Waals surface area (Å²) in [7, 11) is 1.93. The van der Waals surface area contributed by atoms with Gasteiger partial charge in [-0.15, -0.1) is 0 Å². The topological polar surface area (TPSA) is 50.5 Å². The lowest BCUT2D eigenvalue weighted by Gasteiger charge is -2.42. The van der Waals surface area contributed by atoms with Crippen molar-refractivity contribution >= 4 is 0 Å². The van der Waals surface area contributed by atoms with E-state index in [0.717, 1.165) is 39.0 Å². The Balaban J connectivity index is 1.61. The maximum Gasteiger partial charge on any atom is 0.0965 e. The molecular formula is C13H21N3O2. The highest BCUT2D eigenvalue weighted by atomic mass is 16.5. The van der Waals surface area contributed by atoms with Gasteiger partial charge in [-0.2, -0.15) is 5.10 Å². The van der Waals surface area contributed by atoms with Gasteiger partial charge in [0.25, 0.3) is 0 Å². The van der Waals surface area contributed by atoms with Gasteiger partial charge in [0.05, 0.1) is 17.9 Å². The molecule has 0 radical (unpaired) electrons. The Morgan fingerprint density at radius 3 is 3.06 bits per heavy atom. The molecular weight excluding hydrogens is 230 g/mol. The number of β-amino-alcohol motifs (C(OH)–C–C–N with tert-alkyl or cyclic N) is 1. The van der Waals surface area contributed by atoms with Crippen molar-refractivity contribution in [2.75, 3.05) is 19.7 Å². The minimum atomic E-state index is -0.356. The fraction of sp³-hybridized carbons (Fsp3) is 0.769. The first-order valence-corrected chi connectivity index (χ1v) is 6.70. The molecule has 5 heteroatoms. The molecule has 1 spiro atoms. The van der Waals surface area contributed by atoms with Crippen molar-refractivity contribution < 1.29 is 9.84 Å². The minimum Gasteiger partial charge on any atom is -0.389 e. The molecule has 2 aliphatic heterocycles. The summed E-state index contributed by atoms with van der Waals surface area (Å²) < 4.78 is 7.62. The lowest BCUT2D eigenvalue weighted by Crippen LogP contribution is -2.54. The normalized spacial score (nSPS) is 33.3. The zero-order chi connectivity index (χ0) is 12.6. The second-order valence-corrected chi connectivity index (χ2v) is 5.54. The molecule has 3 heterocycles. The maximum absolute atomic E-state index is 10.3. The highest BCUT2D eigenvalue weighted by Crippen LogP contribution is 2.36. The molecule has 1 aromatic heterocycles. The first-order chi connectivity index (χ1) is 8.68. The maximum atomic E-state index is 10.3. The van der Waals surface area contributed by atoms with E-state index in [9.17, 15) is 5.11 Å². The number of hydrogen-bond donors (Lipinski definition) is 1. The number of aryl methyl sites for hydroxylation is 1. The highest BCUT2D eigenvalue weighted by Gasteiger charge is 2.45. The average Bonchev–Trinajstić information content (AvgIpc) is 2.95. The number of piperidine rings is 1. The van der Waals surface area contributed by atoms with E-state index in [-0.39, 0.29) is 11.7 Å². The Labute approximate surface area is 107 Å². The minimum absolute atomic E-state index is 0.245. The molecule has 2 saturated heterocycles. The summed E-state index contributed by atoms with van der Waals surface area (Å²) in [4.78, 5) is 2.29. The molecule has 0 bridgehead atoms. The first kappa shape index (κ1) is 12.1. The number of nitrogens with zero attached hydrogens (tertiary/aromatic N) is 3. The molecule has 0 aliphatic carbocycles. The third-order valence-corrected chi connectivity index (χ3v) is 4.19. The van der Waals surface area contributed by atoms with E-state index in [1.165, 1.54) is 5.56 Å². The van der Waals surface area contributed by atoms with Gasteiger partial charge in [-0.1, -0.05) is 0 Å². The van der Waals surface area contributed by atoms with Gasteiger partial charge in [-0.3, -0.25) is 9.58 Å². The molecule has 3 rings (SSSR count). The summed E-state index contributed by atoms with van der Waals surface area (Å²) in [5.41, 5.74) is 0.957. The van der Waals surface area contributed by atoms with Gasteiger partial charge in [-0.25, -0.2) is 0 Å². The van der Waals surface area contributed by atoms with E-state index < -0.39 is 0 Å². The SMILES string of the molecule is Cn1cc(CN2CC[C@@]3(CCCO3)[C@@H](O)C2)cn1. The lowest BCUT2D eigenvalue weighted by molar-refractivity contribution is -0.130. The second kappa shape index (κ2) is 4.64. The van der Waals surface area contributed by atoms with Crippen LogP contribution in [-0.2, 0) is 18.3 Å². The van der Waals surface area contributed by atoms with Gasteiger partial charge in [0.1, 0.15) is 0 Å². The molecule has 2 atom stereocenters. The van der Waals surface area contributed by atoms with Crippen molar-refractivity contribution in [2.24, 2.45) is 7.05 Å². The van der Waals surface area contributed by atoms with E-state index >= 15 is 0 Å². The fourth-order valence-corrected chi connectivity index (χ4v) is 3.15. The molecule has 2 fully saturated rings. The van der Waals surface area contributed by atoms with E-state index in [2.05, 4.69) is 10.00 Å². The summed E-state index contributed by atoms with van der Waals surface area (Å²) in [5.74, 6) is 0. The Morgan fingerprint density at radius 2 is 2.44 bits per heavy atom. The Hall–Kier alpha value is -0.910. The monoisotopic (exact) mass is 251 g/mol. The van der Waals surface area contributed by atoms with Gasteiger partial charge in [0.2, 0.25) is 0 Å². The van der Waals surface area contributed by atoms with Gasteiger partial charge in [0.15, 0.2) is 0 Å². The number of likely N-dealkylation sites (tertiary alicyclic amines) is 1. The number of aliphatic hydroxyl groups excluding tert-OH is 1. The van der Waals surface area contributed by atoms with Crippen LogP contribution >= 0.6 is 0 Å². The van der Waals surface area contributed by atoms with Gasteiger partial charge in [-0.05, 0) is 19.3 Å². The van der Waals surface area contributed by atoms with Crippen molar-refractivity contribution in [2.45, 2.75) is 37.5 Å². The molecule has 1 aromatic rings. The molecule has 1 N–H and O–H groups in total. The van der Waals surface area contributed by atoms with Crippen LogP contribution in [0.3, 0.4) is 0 Å². The summed E-state index contributed by atoms with van der Waals surface area (Å²) in [5, 5.41) is 14.5. The van der Waals surface area contributed by atoms with Crippen LogP contribution in [0.5, 0.6) is 0 Å². The Kier molecular flexibility index (Phi) is 3.13. The standard InChI is InChI=1S/C13H21N3O2/c1-15-8-11(7-14-15)9-16-5-4-13(12(17)10-16)3-2-6-18-13/h7-8,12,17H,2-6,9-10H2,1H3/t12-,13-/m0/s1. The largest absolute Gasteiger partial charge is 0.389 e. The number of hydrogen-bond acceptors (Lipinski definition) is 4. The van der Waals surface area contributed by atoms with Crippen molar-refractivity contribution in [1.82, 2.24) is 14.7 Å². The Bertz CT molecular complexity index is 412. The van der Waals surface area contributed by atoms with Gasteiger partial charge in [0, 0.05) is 45.0 Å². The van der Waals surface area contributed by atoms with Crippen LogP contribution in [0.1, 0.15) is 24.8 Å². The first-order valence-electron chi connectivity index (χ1n) is 6.70. The third kappa shape index (κ3) is 2.18. The van der Waals surface area contributed by atoms with Gasteiger partial charge < -0.3 is 9.84 Å². The van der Waals surface area contributed by atoms with E-state index in [4.69, 9.17) is 4.74 Å². The second-order valence-electron chi connectivity index (χ2n) is 5.54. The fourth-order valence-electron chi connectivity index (χ4n) is 3.15. The van der Waals surface area contributed by atoms with E-state index in [1.807, 2.05) is 24.1 Å². The zero-order valence-corrected chi connectivity index (χ0v) is 10.9. The number of rotatable bonds is 2. The van der Waals surface area contributed by atoms with Crippen molar-refractivity contribution in [3.63, 3.8) is 0 Å². The zero-order valence-electron chi connectivity index (χ0n) is 10.9. The summed E-state index contributed by atoms with van der Waals surface area (Å²) in [6.45, 7) is 3.36. The smallest absolute Gasteiger partial charge is 0.0965 e. The van der Waals surface area contributed by atoms with Crippen LogP contribution in [0.15, 0.2) is 12.4 Å². The van der Waals surface area contributed by atoms with Gasteiger partial charge >= 0.3 is 0 Å². The van der Waals surface area contributed by atoms with Crippen LogP contribution in [0.25, 0.3) is 0 Å².